The molecular formula is C68H65GeN3O2Pt-2. The summed E-state index contributed by atoms with van der Waals surface area (Å²) < 4.78 is 135. The number of pyridine rings is 1. The number of rotatable bonds is 12. The third-order valence-corrected chi connectivity index (χ3v) is 30.8. The summed E-state index contributed by atoms with van der Waals surface area (Å²) in [5.41, 5.74) is 4.52. The van der Waals surface area contributed by atoms with E-state index >= 15 is 0 Å². The zero-order valence-electron chi connectivity index (χ0n) is 54.8. The first kappa shape index (κ1) is 36.9. The maximum absolute atomic E-state index is 9.21. The van der Waals surface area contributed by atoms with Gasteiger partial charge in [-0.15, -0.1) is 0 Å². The van der Waals surface area contributed by atoms with Gasteiger partial charge in [-0.3, -0.25) is 4.57 Å². The molecule has 3 aliphatic carbocycles. The number of benzene rings is 7. The Morgan fingerprint density at radius 1 is 0.680 bits per heavy atom. The molecule has 0 bridgehead atoms. The number of fused-ring (bicyclic) bond motifs is 4. The summed E-state index contributed by atoms with van der Waals surface area (Å²) in [6, 6.07) is 31.1. The van der Waals surface area contributed by atoms with Crippen LogP contribution in [0.4, 0.5) is 0 Å². The summed E-state index contributed by atoms with van der Waals surface area (Å²) in [4.78, 5) is 5.11. The Morgan fingerprint density at radius 2 is 1.32 bits per heavy atom. The van der Waals surface area contributed by atoms with Crippen LogP contribution < -0.4 is 13.7 Å². The van der Waals surface area contributed by atoms with Crippen LogP contribution in [0.3, 0.4) is 0 Å². The van der Waals surface area contributed by atoms with Gasteiger partial charge in [-0.05, 0) is 22.3 Å². The van der Waals surface area contributed by atoms with Gasteiger partial charge in [-0.25, -0.2) is 0 Å². The van der Waals surface area contributed by atoms with Gasteiger partial charge in [0.15, 0.2) is 0 Å². The molecule has 3 aliphatic rings. The molecule has 0 unspecified atom stereocenters. The molecule has 0 atom stereocenters. The summed E-state index contributed by atoms with van der Waals surface area (Å²) >= 11 is -3.46. The van der Waals surface area contributed by atoms with E-state index in [4.69, 9.17) is 27.8 Å². The van der Waals surface area contributed by atoms with Crippen LogP contribution in [0.25, 0.3) is 77.9 Å². The van der Waals surface area contributed by atoms with Crippen molar-refractivity contribution < 1.29 is 52.6 Å². The Bertz CT molecular complexity index is 4170. The number of aryl methyl sites for hydroxylation is 1. The Kier molecular flexibility index (Phi) is 10.8. The predicted molar refractivity (Wildman–Crippen MR) is 304 cm³/mol. The molecule has 5 nitrogen and oxygen atoms in total. The summed E-state index contributed by atoms with van der Waals surface area (Å²) in [7, 11) is 0. The minimum atomic E-state index is -3.46. The first-order chi connectivity index (χ1) is 41.9. The number of nitrogens with zero attached hydrogens (tertiary/aromatic N) is 3. The molecule has 0 aliphatic heterocycles. The van der Waals surface area contributed by atoms with E-state index in [2.05, 4.69) is 24.5 Å². The zero-order valence-corrected chi connectivity index (χ0v) is 46.2. The van der Waals surface area contributed by atoms with Gasteiger partial charge >= 0.3 is 305 Å². The molecule has 0 spiro atoms. The quantitative estimate of drug-likeness (QED) is 0.0696. The van der Waals surface area contributed by atoms with Crippen molar-refractivity contribution in [2.45, 2.75) is 118 Å². The zero-order chi connectivity index (χ0) is 60.6. The van der Waals surface area contributed by atoms with Gasteiger partial charge < -0.3 is 0 Å². The van der Waals surface area contributed by atoms with E-state index < -0.39 is 80.5 Å². The number of hydrogen-bond acceptors (Lipinski definition) is 3. The molecule has 3 fully saturated rings. The second kappa shape index (κ2) is 21.9. The van der Waals surface area contributed by atoms with Gasteiger partial charge in [0.05, 0.1) is 24.9 Å². The van der Waals surface area contributed by atoms with Gasteiger partial charge in [0.1, 0.15) is 0 Å². The van der Waals surface area contributed by atoms with Crippen molar-refractivity contribution in [3.05, 3.63) is 188 Å². The minimum Gasteiger partial charge on any atom is -0.0666 e. The van der Waals surface area contributed by atoms with Crippen LogP contribution in [-0.2, 0) is 21.1 Å². The van der Waals surface area contributed by atoms with Crippen molar-refractivity contribution in [1.29, 1.82) is 0 Å². The second-order valence-corrected chi connectivity index (χ2v) is 30.6. The third kappa shape index (κ3) is 9.56. The van der Waals surface area contributed by atoms with Crippen LogP contribution >= 0.6 is 0 Å². The topological polar surface area (TPSA) is 44.1 Å². The average Bonchev–Trinajstić information content (AvgIpc) is 1.22. The fourth-order valence-electron chi connectivity index (χ4n) is 13.4. The van der Waals surface area contributed by atoms with Gasteiger partial charge in [-0.1, -0.05) is 103 Å². The molecule has 0 saturated heterocycles. The molecule has 13 rings (SSSR count). The van der Waals surface area contributed by atoms with Crippen molar-refractivity contribution in [2.24, 2.45) is 5.92 Å². The van der Waals surface area contributed by atoms with Crippen LogP contribution in [-0.4, -0.2) is 22.8 Å². The molecule has 3 aromatic heterocycles. The minimum absolute atomic E-state index is 0. The van der Waals surface area contributed by atoms with Crippen molar-refractivity contribution in [3.8, 4) is 56.4 Å². The normalized spacial score (nSPS) is 18.7. The molecule has 7 aromatic carbocycles. The summed E-state index contributed by atoms with van der Waals surface area (Å²) in [5.74, 6) is 1.25. The van der Waals surface area contributed by atoms with E-state index in [-0.39, 0.29) is 49.0 Å². The fraction of sp³-hybridized carbons (Fsp3) is 0.294. The molecule has 0 N–H and O–H groups in total. The molecule has 10 aromatic rings. The Labute approximate surface area is 478 Å². The number of imidazole rings is 1. The number of hydrogen-bond donors (Lipinski definition) is 0. The van der Waals surface area contributed by atoms with Crippen molar-refractivity contribution in [3.63, 3.8) is 0 Å². The Balaban J connectivity index is 0.00000754. The molecule has 3 saturated carbocycles. The third-order valence-electron chi connectivity index (χ3n) is 16.6. The van der Waals surface area contributed by atoms with Gasteiger partial charge in [-0.2, -0.15) is 0 Å². The number of ether oxygens (including phenoxy) is 1. The first-order valence-corrected chi connectivity index (χ1v) is 31.7. The monoisotopic (exact) mass is 1240 g/mol. The number of para-hydroxylation sites is 4. The summed E-state index contributed by atoms with van der Waals surface area (Å²) in [6.07, 6.45) is 23.1. The van der Waals surface area contributed by atoms with Crippen LogP contribution in [0.1, 0.15) is 120 Å². The van der Waals surface area contributed by atoms with E-state index in [0.717, 1.165) is 40.9 Å². The van der Waals surface area contributed by atoms with E-state index in [1.54, 1.807) is 45.7 Å². The van der Waals surface area contributed by atoms with Crippen molar-refractivity contribution >= 4 is 50.6 Å². The van der Waals surface area contributed by atoms with Crippen molar-refractivity contribution in [2.75, 3.05) is 0 Å². The first-order valence-electron chi connectivity index (χ1n) is 33.3. The van der Waals surface area contributed by atoms with Crippen LogP contribution in [0.2, 0.25) is 14.8 Å². The summed E-state index contributed by atoms with van der Waals surface area (Å²) in [5, 5.41) is 2.81. The SMILES string of the molecule is [2H]c1c([2H])c([2H])c(-c2cccc(-c3c([2H])c([2H])c([2H])c([2H])c3[2H])c2-[n+]2[c-]n(-c3[c-]c(Oc4[c-]c(-c5c[c]([Ge]([CH2]C6CCCCC6)([CH]6CCCCC6)[CH]6CCCCC6)c(C([2H])([2H])[2H])cn5)c5oc6ccccc6c5c4)ccc3)c3ccccc32)c([2H])c1[2H].[Pt]. The summed E-state index contributed by atoms with van der Waals surface area (Å²) in [6.45, 7) is -2.36. The molecule has 380 valence electrons. The van der Waals surface area contributed by atoms with Gasteiger partial charge in [0.2, 0.25) is 0 Å². The van der Waals surface area contributed by atoms with Gasteiger partial charge in [0.25, 0.3) is 0 Å². The molecule has 3 heterocycles. The predicted octanol–water partition coefficient (Wildman–Crippen LogP) is 17.6. The van der Waals surface area contributed by atoms with Crippen LogP contribution in [0, 0.1) is 31.2 Å². The van der Waals surface area contributed by atoms with Crippen molar-refractivity contribution in [1.82, 2.24) is 9.55 Å². The van der Waals surface area contributed by atoms with Crippen LogP contribution in [0.5, 0.6) is 11.5 Å². The Morgan fingerprint density at radius 3 is 2.01 bits per heavy atom. The molecule has 0 amide bonds. The maximum atomic E-state index is 9.21. The standard InChI is InChI=1S/C68H65GeN3O2.Pt/c1-48-46-70-63(44-62(48)69(52-29-13-5-14-30-52,53-31-15-6-16-32-53)45-49-23-7-2-8-24-49)61-43-56(42-60-59-35-17-20-40-66(59)74-68(60)61)73-55-34-21-33-54(41-55)71-47-72(65-39-19-18-38-64(65)71)67-57(50-25-9-3-10-26-50)36-22-37-58(67)51-27-11-4-12-28-51;/h3-4,9-12,17-22,25-28,33-40,42,44,46,49,52-53H,2,5-8,13-16,23-24,29-32,45H2,1H3;/q-2;/i1D3,3D,4D,9D,10D,11D,12D,25D,26D,27D,28D;. The molecule has 0 radical (unpaired) electrons. The van der Waals surface area contributed by atoms with E-state index in [9.17, 15) is 4.11 Å². The number of aromatic nitrogens is 3. The smallest absolute Gasteiger partial charge is 0.0666 e. The second-order valence-electron chi connectivity index (χ2n) is 20.8. The Hall–Kier alpha value is -6.01. The van der Waals surface area contributed by atoms with E-state index in [1.165, 1.54) is 75.9 Å². The van der Waals surface area contributed by atoms with E-state index in [1.807, 2.05) is 60.7 Å². The van der Waals surface area contributed by atoms with Crippen LogP contribution in [0.15, 0.2) is 168 Å². The molecule has 7 heteroatoms. The van der Waals surface area contributed by atoms with E-state index in [0.29, 0.717) is 71.6 Å². The van der Waals surface area contributed by atoms with Gasteiger partial charge in [0, 0.05) is 21.1 Å². The number of furan rings is 1. The molecular weight excluding hydrogens is 1160 g/mol. The fourth-order valence-corrected chi connectivity index (χ4v) is 29.4. The molecule has 75 heavy (non-hydrogen) atoms. The average molecular weight is 1240 g/mol.